The van der Waals surface area contributed by atoms with Gasteiger partial charge in [0.2, 0.25) is 0 Å². The quantitative estimate of drug-likeness (QED) is 0.250. The number of aliphatic hydroxyl groups excluding tert-OH is 5. The highest BCUT2D eigenvalue weighted by Gasteiger charge is 2.32. The molecule has 0 aromatic carbocycles. The molecule has 0 aromatic heterocycles. The summed E-state index contributed by atoms with van der Waals surface area (Å²) in [6.07, 6.45) is -6.06. The van der Waals surface area contributed by atoms with Crippen LogP contribution in [-0.2, 0) is 9.59 Å². The second kappa shape index (κ2) is 7.99. The Bertz CT molecular complexity index is 292. The number of aliphatic hydroxyl groups is 5. The Hall–Kier alpha value is -1.30. The summed E-state index contributed by atoms with van der Waals surface area (Å²) in [5.74, 6) is -3.54. The molecule has 0 bridgehead atoms. The van der Waals surface area contributed by atoms with Gasteiger partial charge in [-0.15, -0.1) is 0 Å². The van der Waals surface area contributed by atoms with Gasteiger partial charge in [-0.2, -0.15) is 0 Å². The number of β-amino-alcohol motifs (C(OH)–C–C–N with tert-alkyl or cyclic N) is 1. The lowest BCUT2D eigenvalue weighted by atomic mass is 10.1. The van der Waals surface area contributed by atoms with E-state index in [1.807, 2.05) is 0 Å². The summed E-state index contributed by atoms with van der Waals surface area (Å²) in [4.78, 5) is 19.5. The summed E-state index contributed by atoms with van der Waals surface area (Å²) >= 11 is 0. The fourth-order valence-corrected chi connectivity index (χ4v) is 1.22. The number of nitrogens with one attached hydrogen (secondary N) is 1. The van der Waals surface area contributed by atoms with Gasteiger partial charge >= 0.3 is 11.9 Å². The van der Waals surface area contributed by atoms with Crippen molar-refractivity contribution in [3.05, 3.63) is 0 Å². The van der Waals surface area contributed by atoms with E-state index in [4.69, 9.17) is 35.7 Å². The summed E-state index contributed by atoms with van der Waals surface area (Å²) in [6, 6.07) is -0.347. The summed E-state index contributed by atoms with van der Waals surface area (Å²) < 4.78 is 0. The lowest BCUT2D eigenvalue weighted by Gasteiger charge is -2.11. The number of hydrogen-bond donors (Lipinski definition) is 8. The van der Waals surface area contributed by atoms with E-state index < -0.39 is 36.4 Å². The molecule has 0 aliphatic carbocycles. The van der Waals surface area contributed by atoms with E-state index in [1.165, 1.54) is 0 Å². The SMILES string of the molecule is O=C(O)C(O)C(O)C(=O)O.OC[C@H]1NC[C@@H](O)[C@@H]1O. The Morgan fingerprint density at radius 3 is 1.68 bits per heavy atom. The minimum Gasteiger partial charge on any atom is -0.479 e. The van der Waals surface area contributed by atoms with E-state index in [1.54, 1.807) is 0 Å². The van der Waals surface area contributed by atoms with E-state index in [0.717, 1.165) is 0 Å². The molecular weight excluding hydrogens is 266 g/mol. The molecule has 10 heteroatoms. The van der Waals surface area contributed by atoms with E-state index in [-0.39, 0.29) is 12.6 Å². The van der Waals surface area contributed by atoms with Crippen molar-refractivity contribution in [1.82, 2.24) is 5.32 Å². The van der Waals surface area contributed by atoms with Crippen LogP contribution in [0.3, 0.4) is 0 Å². The molecule has 0 aromatic rings. The molecule has 0 spiro atoms. The van der Waals surface area contributed by atoms with Gasteiger partial charge < -0.3 is 41.1 Å². The van der Waals surface area contributed by atoms with Crippen LogP contribution in [0.2, 0.25) is 0 Å². The molecule has 2 unspecified atom stereocenters. The second-order valence-electron chi connectivity index (χ2n) is 3.82. The topological polar surface area (TPSA) is 188 Å². The summed E-state index contributed by atoms with van der Waals surface area (Å²) in [5, 5.41) is 61.7. The van der Waals surface area contributed by atoms with Crippen LogP contribution in [0.25, 0.3) is 0 Å². The molecule has 0 saturated carbocycles. The van der Waals surface area contributed by atoms with Crippen LogP contribution >= 0.6 is 0 Å². The molecule has 1 aliphatic heterocycles. The molecule has 0 radical (unpaired) electrons. The van der Waals surface area contributed by atoms with Crippen LogP contribution in [0, 0.1) is 0 Å². The fourth-order valence-electron chi connectivity index (χ4n) is 1.22. The number of carboxylic acid groups (broad SMARTS) is 2. The first-order valence-corrected chi connectivity index (χ1v) is 5.24. The van der Waals surface area contributed by atoms with Crippen LogP contribution in [0.4, 0.5) is 0 Å². The highest BCUT2D eigenvalue weighted by molar-refractivity contribution is 5.83. The highest BCUT2D eigenvalue weighted by Crippen LogP contribution is 2.05. The molecule has 0 amide bonds. The number of hydrogen-bond acceptors (Lipinski definition) is 8. The van der Waals surface area contributed by atoms with Gasteiger partial charge in [0.15, 0.2) is 12.2 Å². The third-order valence-corrected chi connectivity index (χ3v) is 2.40. The first-order chi connectivity index (χ1) is 8.72. The van der Waals surface area contributed by atoms with Crippen molar-refractivity contribution >= 4 is 11.9 Å². The Morgan fingerprint density at radius 1 is 1.11 bits per heavy atom. The molecule has 1 aliphatic rings. The van der Waals surface area contributed by atoms with Crippen LogP contribution < -0.4 is 5.32 Å². The Labute approximate surface area is 107 Å². The minimum atomic E-state index is -2.27. The first kappa shape index (κ1) is 17.7. The average Bonchev–Trinajstić information content (AvgIpc) is 2.68. The number of aliphatic carboxylic acids is 2. The maximum atomic E-state index is 9.77. The minimum absolute atomic E-state index is 0.127. The molecule has 10 nitrogen and oxygen atoms in total. The van der Waals surface area contributed by atoms with Gasteiger partial charge in [-0.25, -0.2) is 9.59 Å². The summed E-state index contributed by atoms with van der Waals surface area (Å²) in [7, 11) is 0. The maximum Gasteiger partial charge on any atom is 0.335 e. The average molecular weight is 283 g/mol. The number of carbonyl (C=O) groups is 2. The summed E-state index contributed by atoms with van der Waals surface area (Å²) in [5.41, 5.74) is 0. The van der Waals surface area contributed by atoms with Crippen molar-refractivity contribution in [2.45, 2.75) is 30.5 Å². The molecule has 8 N–H and O–H groups in total. The van der Waals surface area contributed by atoms with Gasteiger partial charge in [-0.1, -0.05) is 0 Å². The molecule has 19 heavy (non-hydrogen) atoms. The lowest BCUT2D eigenvalue weighted by Crippen LogP contribution is -2.39. The Morgan fingerprint density at radius 2 is 1.53 bits per heavy atom. The predicted molar refractivity (Wildman–Crippen MR) is 58.2 cm³/mol. The smallest absolute Gasteiger partial charge is 0.335 e. The number of carboxylic acids is 2. The van der Waals surface area contributed by atoms with Gasteiger partial charge in [0.25, 0.3) is 0 Å². The van der Waals surface area contributed by atoms with Gasteiger partial charge in [0.1, 0.15) is 0 Å². The van der Waals surface area contributed by atoms with Crippen molar-refractivity contribution < 1.29 is 45.3 Å². The molecule has 1 fully saturated rings. The molecular formula is C9H17NO9. The van der Waals surface area contributed by atoms with Crippen LogP contribution in [0.15, 0.2) is 0 Å². The second-order valence-corrected chi connectivity index (χ2v) is 3.82. The Kier molecular flexibility index (Phi) is 7.44. The van der Waals surface area contributed by atoms with Crippen molar-refractivity contribution in [3.63, 3.8) is 0 Å². The first-order valence-electron chi connectivity index (χ1n) is 5.24. The van der Waals surface area contributed by atoms with E-state index >= 15 is 0 Å². The zero-order chi connectivity index (χ0) is 15.2. The monoisotopic (exact) mass is 283 g/mol. The van der Waals surface area contributed by atoms with E-state index in [2.05, 4.69) is 5.32 Å². The van der Waals surface area contributed by atoms with Crippen LogP contribution in [-0.4, -0.2) is 91.3 Å². The van der Waals surface area contributed by atoms with Crippen molar-refractivity contribution in [3.8, 4) is 0 Å². The van der Waals surface area contributed by atoms with Crippen LogP contribution in [0.1, 0.15) is 0 Å². The normalized spacial score (nSPS) is 29.0. The van der Waals surface area contributed by atoms with Crippen molar-refractivity contribution in [2.24, 2.45) is 0 Å². The van der Waals surface area contributed by atoms with Crippen LogP contribution in [0.5, 0.6) is 0 Å². The van der Waals surface area contributed by atoms with Gasteiger partial charge in [-0.05, 0) is 0 Å². The largest absolute Gasteiger partial charge is 0.479 e. The summed E-state index contributed by atoms with van der Waals surface area (Å²) in [6.45, 7) is 0.241. The van der Waals surface area contributed by atoms with E-state index in [9.17, 15) is 9.59 Å². The lowest BCUT2D eigenvalue weighted by molar-refractivity contribution is -0.165. The standard InChI is InChI=1S/C5H11NO3.C4H6O6/c7-2-3-5(9)4(8)1-6-3;5-1(3(7)8)2(6)4(9)10/h3-9H,1-2H2;1-2,5-6H,(H,7,8)(H,9,10)/t3-,4-,5-;/m1./s1. The van der Waals surface area contributed by atoms with Gasteiger partial charge in [-0.3, -0.25) is 0 Å². The third kappa shape index (κ3) is 5.46. The molecule has 1 saturated heterocycles. The van der Waals surface area contributed by atoms with Gasteiger partial charge in [0.05, 0.1) is 24.9 Å². The van der Waals surface area contributed by atoms with E-state index in [0.29, 0.717) is 6.54 Å². The molecule has 112 valence electrons. The van der Waals surface area contributed by atoms with Crippen molar-refractivity contribution in [1.29, 1.82) is 0 Å². The Balaban J connectivity index is 0.000000342. The zero-order valence-electron chi connectivity index (χ0n) is 9.75. The third-order valence-electron chi connectivity index (χ3n) is 2.40. The molecule has 5 atom stereocenters. The van der Waals surface area contributed by atoms with Crippen molar-refractivity contribution in [2.75, 3.05) is 13.2 Å². The highest BCUT2D eigenvalue weighted by atomic mass is 16.4. The number of rotatable bonds is 4. The molecule has 1 heterocycles. The maximum absolute atomic E-state index is 9.77. The van der Waals surface area contributed by atoms with Gasteiger partial charge in [0, 0.05) is 6.54 Å². The zero-order valence-corrected chi connectivity index (χ0v) is 9.75. The fraction of sp³-hybridized carbons (Fsp3) is 0.778. The molecule has 1 rings (SSSR count). The predicted octanol–water partition coefficient (Wildman–Crippen LogP) is -4.45.